The van der Waals surface area contributed by atoms with E-state index in [1.165, 1.54) is 18.4 Å². The lowest BCUT2D eigenvalue weighted by Crippen LogP contribution is -2.21. The summed E-state index contributed by atoms with van der Waals surface area (Å²) in [6.07, 6.45) is 5.53. The van der Waals surface area contributed by atoms with E-state index >= 15 is 0 Å². The number of hydrogen-bond donors (Lipinski definition) is 0. The number of hydrogen-bond acceptors (Lipinski definition) is 5. The number of thioether (sulfide) groups is 1. The molecule has 1 aliphatic rings. The Labute approximate surface area is 151 Å². The van der Waals surface area contributed by atoms with E-state index in [-0.39, 0.29) is 0 Å². The second-order valence-electron chi connectivity index (χ2n) is 6.15. The Morgan fingerprint density at radius 2 is 2.00 bits per heavy atom. The molecule has 1 fully saturated rings. The molecule has 2 aromatic heterocycles. The molecular weight excluding hydrogens is 334 g/mol. The smallest absolute Gasteiger partial charge is 0.200 e. The Balaban J connectivity index is 1.57. The van der Waals surface area contributed by atoms with Crippen molar-refractivity contribution in [2.75, 3.05) is 12.4 Å². The third-order valence-corrected chi connectivity index (χ3v) is 5.41. The van der Waals surface area contributed by atoms with Gasteiger partial charge in [-0.3, -0.25) is 4.57 Å². The van der Waals surface area contributed by atoms with Crippen LogP contribution in [-0.4, -0.2) is 33.2 Å². The summed E-state index contributed by atoms with van der Waals surface area (Å²) in [6.45, 7) is 1.59. The van der Waals surface area contributed by atoms with Crippen molar-refractivity contribution in [1.82, 2.24) is 14.8 Å². The van der Waals surface area contributed by atoms with Crippen LogP contribution >= 0.6 is 11.8 Å². The van der Waals surface area contributed by atoms with E-state index in [2.05, 4.69) is 39.0 Å². The molecule has 3 heterocycles. The molecule has 4 rings (SSSR count). The van der Waals surface area contributed by atoms with E-state index in [0.29, 0.717) is 6.10 Å². The standard InChI is InChI=1S/C19H21N3O2S/c1-2-7-15(8-3-1)13-22-18(17-10-6-12-24-17)20-21-19(22)25-14-16-9-4-5-11-23-16/h1-3,6-8,10,12,16H,4-5,9,11,13-14H2. The fraction of sp³-hybridized carbons (Fsp3) is 0.368. The average Bonchev–Trinajstić information content (AvgIpc) is 3.32. The van der Waals surface area contributed by atoms with Gasteiger partial charge in [-0.15, -0.1) is 10.2 Å². The lowest BCUT2D eigenvalue weighted by Gasteiger charge is -2.21. The molecule has 1 unspecified atom stereocenters. The highest BCUT2D eigenvalue weighted by Crippen LogP contribution is 2.27. The number of nitrogens with zero attached hydrogens (tertiary/aromatic N) is 3. The third kappa shape index (κ3) is 3.96. The Hall–Kier alpha value is -2.05. The van der Waals surface area contributed by atoms with E-state index in [4.69, 9.17) is 9.15 Å². The fourth-order valence-corrected chi connectivity index (χ4v) is 4.00. The van der Waals surface area contributed by atoms with Gasteiger partial charge in [0.25, 0.3) is 0 Å². The summed E-state index contributed by atoms with van der Waals surface area (Å²) >= 11 is 1.71. The van der Waals surface area contributed by atoms with Gasteiger partial charge in [0.1, 0.15) is 0 Å². The van der Waals surface area contributed by atoms with Crippen molar-refractivity contribution in [3.8, 4) is 11.6 Å². The van der Waals surface area contributed by atoms with Crippen LogP contribution in [0.3, 0.4) is 0 Å². The van der Waals surface area contributed by atoms with Crippen molar-refractivity contribution in [2.24, 2.45) is 0 Å². The van der Waals surface area contributed by atoms with Crippen molar-refractivity contribution in [1.29, 1.82) is 0 Å². The molecule has 25 heavy (non-hydrogen) atoms. The van der Waals surface area contributed by atoms with Gasteiger partial charge in [-0.1, -0.05) is 42.1 Å². The van der Waals surface area contributed by atoms with Crippen molar-refractivity contribution >= 4 is 11.8 Å². The van der Waals surface area contributed by atoms with Crippen LogP contribution in [0.4, 0.5) is 0 Å². The van der Waals surface area contributed by atoms with Gasteiger partial charge >= 0.3 is 0 Å². The maximum absolute atomic E-state index is 5.84. The number of furan rings is 1. The summed E-state index contributed by atoms with van der Waals surface area (Å²) in [5.74, 6) is 2.41. The molecule has 0 N–H and O–H groups in total. The minimum atomic E-state index is 0.313. The summed E-state index contributed by atoms with van der Waals surface area (Å²) in [6, 6.07) is 14.2. The van der Waals surface area contributed by atoms with Gasteiger partial charge in [0.05, 0.1) is 18.9 Å². The zero-order chi connectivity index (χ0) is 16.9. The molecule has 0 aliphatic carbocycles. The lowest BCUT2D eigenvalue weighted by molar-refractivity contribution is 0.0315. The van der Waals surface area contributed by atoms with Gasteiger partial charge in [-0.05, 0) is 37.0 Å². The summed E-state index contributed by atoms with van der Waals surface area (Å²) in [4.78, 5) is 0. The summed E-state index contributed by atoms with van der Waals surface area (Å²) in [5.41, 5.74) is 1.21. The van der Waals surface area contributed by atoms with Crippen LogP contribution in [0.1, 0.15) is 24.8 Å². The Bertz CT molecular complexity index is 780. The van der Waals surface area contributed by atoms with Crippen LogP contribution in [0.2, 0.25) is 0 Å². The first kappa shape index (κ1) is 16.4. The molecule has 0 amide bonds. The number of aromatic nitrogens is 3. The predicted molar refractivity (Wildman–Crippen MR) is 97.6 cm³/mol. The predicted octanol–water partition coefficient (Wildman–Crippen LogP) is 4.25. The van der Waals surface area contributed by atoms with Crippen LogP contribution in [0.25, 0.3) is 11.6 Å². The van der Waals surface area contributed by atoms with E-state index in [1.807, 2.05) is 18.2 Å². The van der Waals surface area contributed by atoms with Crippen LogP contribution < -0.4 is 0 Å². The second kappa shape index (κ2) is 7.89. The molecule has 1 aromatic carbocycles. The Kier molecular flexibility index (Phi) is 5.18. The highest BCUT2D eigenvalue weighted by atomic mass is 32.2. The lowest BCUT2D eigenvalue weighted by atomic mass is 10.1. The van der Waals surface area contributed by atoms with Crippen LogP contribution in [0.5, 0.6) is 0 Å². The maximum Gasteiger partial charge on any atom is 0.200 e. The maximum atomic E-state index is 5.84. The molecule has 3 aromatic rings. The third-order valence-electron chi connectivity index (χ3n) is 4.31. The largest absolute Gasteiger partial charge is 0.461 e. The summed E-state index contributed by atoms with van der Waals surface area (Å²) in [7, 11) is 0. The number of ether oxygens (including phenoxy) is 1. The molecule has 5 nitrogen and oxygen atoms in total. The van der Waals surface area contributed by atoms with E-state index in [1.54, 1.807) is 18.0 Å². The Morgan fingerprint density at radius 1 is 1.08 bits per heavy atom. The zero-order valence-electron chi connectivity index (χ0n) is 14.0. The van der Waals surface area contributed by atoms with Crippen molar-refractivity contribution in [2.45, 2.75) is 37.1 Å². The molecule has 0 spiro atoms. The van der Waals surface area contributed by atoms with Crippen LogP contribution in [-0.2, 0) is 11.3 Å². The van der Waals surface area contributed by atoms with Gasteiger partial charge in [0, 0.05) is 12.4 Å². The molecule has 0 radical (unpaired) electrons. The quantitative estimate of drug-likeness (QED) is 0.619. The van der Waals surface area contributed by atoms with E-state index < -0.39 is 0 Å². The highest BCUT2D eigenvalue weighted by Gasteiger charge is 2.19. The number of benzene rings is 1. The average molecular weight is 355 g/mol. The molecule has 1 saturated heterocycles. The molecule has 1 aliphatic heterocycles. The number of rotatable bonds is 6. The Morgan fingerprint density at radius 3 is 2.76 bits per heavy atom. The van der Waals surface area contributed by atoms with Gasteiger partial charge in [0.2, 0.25) is 5.82 Å². The van der Waals surface area contributed by atoms with Crippen LogP contribution in [0, 0.1) is 0 Å². The first-order chi connectivity index (χ1) is 12.4. The fourth-order valence-electron chi connectivity index (χ4n) is 3.00. The second-order valence-corrected chi connectivity index (χ2v) is 7.14. The van der Waals surface area contributed by atoms with Crippen molar-refractivity contribution in [3.63, 3.8) is 0 Å². The van der Waals surface area contributed by atoms with Gasteiger partial charge < -0.3 is 9.15 Å². The summed E-state index contributed by atoms with van der Waals surface area (Å²) < 4.78 is 13.5. The first-order valence-electron chi connectivity index (χ1n) is 8.65. The molecule has 1 atom stereocenters. The molecule has 130 valence electrons. The minimum Gasteiger partial charge on any atom is -0.461 e. The monoisotopic (exact) mass is 355 g/mol. The SMILES string of the molecule is c1ccc(Cn2c(SCC3CCCCO3)nnc2-c2ccco2)cc1. The topological polar surface area (TPSA) is 53.1 Å². The van der Waals surface area contributed by atoms with Gasteiger partial charge in [0.15, 0.2) is 10.9 Å². The summed E-state index contributed by atoms with van der Waals surface area (Å²) in [5, 5.41) is 9.70. The molecule has 6 heteroatoms. The molecule has 0 saturated carbocycles. The minimum absolute atomic E-state index is 0.313. The van der Waals surface area contributed by atoms with E-state index in [9.17, 15) is 0 Å². The van der Waals surface area contributed by atoms with Gasteiger partial charge in [-0.25, -0.2) is 0 Å². The van der Waals surface area contributed by atoms with Crippen LogP contribution in [0.15, 0.2) is 58.3 Å². The van der Waals surface area contributed by atoms with Crippen molar-refractivity contribution < 1.29 is 9.15 Å². The van der Waals surface area contributed by atoms with Crippen molar-refractivity contribution in [3.05, 3.63) is 54.3 Å². The molecular formula is C19H21N3O2S. The molecule has 0 bridgehead atoms. The normalized spacial score (nSPS) is 17.7. The highest BCUT2D eigenvalue weighted by molar-refractivity contribution is 7.99. The van der Waals surface area contributed by atoms with Gasteiger partial charge in [-0.2, -0.15) is 0 Å². The zero-order valence-corrected chi connectivity index (χ0v) is 14.8. The van der Waals surface area contributed by atoms with E-state index in [0.717, 1.165) is 42.1 Å². The first-order valence-corrected chi connectivity index (χ1v) is 9.64.